The molecule has 0 spiro atoms. The molecular formula is C21H29IN6O2. The zero-order chi connectivity index (χ0) is 20.2. The average molecular weight is 524 g/mol. The number of ether oxygens (including phenoxy) is 1. The fourth-order valence-corrected chi connectivity index (χ4v) is 3.94. The van der Waals surface area contributed by atoms with E-state index in [0.717, 1.165) is 42.4 Å². The first-order valence-corrected chi connectivity index (χ1v) is 10.2. The largest absolute Gasteiger partial charge is 0.370 e. The molecule has 0 bridgehead atoms. The fourth-order valence-electron chi connectivity index (χ4n) is 3.94. The SMILES string of the molecule is CCNC(=NCCC1C(=O)Nc2ccccc21)N1CCOC(c2cnn(C)c2)C1.I. The van der Waals surface area contributed by atoms with Crippen LogP contribution < -0.4 is 10.6 Å². The second-order valence-corrected chi connectivity index (χ2v) is 7.41. The van der Waals surface area contributed by atoms with Crippen LogP contribution in [0.4, 0.5) is 5.69 Å². The van der Waals surface area contributed by atoms with Crippen LogP contribution in [-0.4, -0.2) is 59.3 Å². The monoisotopic (exact) mass is 524 g/mol. The number of nitrogens with one attached hydrogen (secondary N) is 2. The molecule has 1 fully saturated rings. The number of benzene rings is 1. The summed E-state index contributed by atoms with van der Waals surface area (Å²) in [6.45, 7) is 5.60. The van der Waals surface area contributed by atoms with Gasteiger partial charge in [0.1, 0.15) is 6.10 Å². The number of fused-ring (bicyclic) bond motifs is 1. The summed E-state index contributed by atoms with van der Waals surface area (Å²) in [6.07, 6.45) is 4.52. The maximum Gasteiger partial charge on any atom is 0.232 e. The number of halogens is 1. The second kappa shape index (κ2) is 10.3. The van der Waals surface area contributed by atoms with E-state index in [1.165, 1.54) is 0 Å². The minimum Gasteiger partial charge on any atom is -0.370 e. The Bertz CT molecular complexity index is 899. The second-order valence-electron chi connectivity index (χ2n) is 7.41. The zero-order valence-corrected chi connectivity index (χ0v) is 19.7. The molecule has 1 saturated heterocycles. The first kappa shape index (κ1) is 22.5. The molecule has 3 heterocycles. The molecule has 1 aromatic carbocycles. The molecule has 2 aromatic rings. The Labute approximate surface area is 194 Å². The molecule has 2 aliphatic heterocycles. The molecule has 1 aromatic heterocycles. The third-order valence-corrected chi connectivity index (χ3v) is 5.39. The third kappa shape index (κ3) is 4.94. The molecule has 0 aliphatic carbocycles. The van der Waals surface area contributed by atoms with Gasteiger partial charge in [0.2, 0.25) is 5.91 Å². The first-order chi connectivity index (χ1) is 14.2. The molecule has 0 saturated carbocycles. The van der Waals surface area contributed by atoms with Crippen molar-refractivity contribution in [2.24, 2.45) is 12.0 Å². The van der Waals surface area contributed by atoms with Crippen molar-refractivity contribution >= 4 is 41.5 Å². The number of amides is 1. The summed E-state index contributed by atoms with van der Waals surface area (Å²) < 4.78 is 7.74. The number of carbonyl (C=O) groups excluding carboxylic acids is 1. The molecule has 30 heavy (non-hydrogen) atoms. The maximum atomic E-state index is 12.3. The number of aliphatic imine (C=N–C) groups is 1. The van der Waals surface area contributed by atoms with E-state index in [1.807, 2.05) is 43.7 Å². The first-order valence-electron chi connectivity index (χ1n) is 10.2. The molecule has 2 aliphatic rings. The summed E-state index contributed by atoms with van der Waals surface area (Å²) in [5.74, 6) is 0.802. The number of aromatic nitrogens is 2. The summed E-state index contributed by atoms with van der Waals surface area (Å²) in [7, 11) is 1.91. The van der Waals surface area contributed by atoms with E-state index in [0.29, 0.717) is 19.6 Å². The minimum absolute atomic E-state index is 0. The fraction of sp³-hybridized carbons (Fsp3) is 0.476. The zero-order valence-electron chi connectivity index (χ0n) is 17.4. The van der Waals surface area contributed by atoms with Gasteiger partial charge in [0.25, 0.3) is 0 Å². The van der Waals surface area contributed by atoms with Crippen molar-refractivity contribution in [2.75, 3.05) is 38.1 Å². The van der Waals surface area contributed by atoms with Gasteiger partial charge in [0.05, 0.1) is 25.3 Å². The van der Waals surface area contributed by atoms with E-state index in [4.69, 9.17) is 9.73 Å². The lowest BCUT2D eigenvalue weighted by Crippen LogP contribution is -2.48. The number of aryl methyl sites for hydroxylation is 1. The molecule has 4 rings (SSSR count). The van der Waals surface area contributed by atoms with Crippen LogP contribution in [0.3, 0.4) is 0 Å². The van der Waals surface area contributed by atoms with Crippen molar-refractivity contribution in [1.29, 1.82) is 0 Å². The van der Waals surface area contributed by atoms with Crippen LogP contribution in [0.5, 0.6) is 0 Å². The highest BCUT2D eigenvalue weighted by Crippen LogP contribution is 2.34. The summed E-state index contributed by atoms with van der Waals surface area (Å²) in [5, 5.41) is 10.6. The van der Waals surface area contributed by atoms with Gasteiger partial charge < -0.3 is 20.3 Å². The Kier molecular flexibility index (Phi) is 7.70. The molecule has 2 unspecified atom stereocenters. The van der Waals surface area contributed by atoms with Crippen LogP contribution >= 0.6 is 24.0 Å². The molecule has 162 valence electrons. The Hall–Kier alpha value is -2.14. The van der Waals surface area contributed by atoms with Crippen LogP contribution in [0.25, 0.3) is 0 Å². The number of hydrogen-bond donors (Lipinski definition) is 2. The summed E-state index contributed by atoms with van der Waals surface area (Å²) in [4.78, 5) is 19.4. The van der Waals surface area contributed by atoms with Crippen molar-refractivity contribution in [3.63, 3.8) is 0 Å². The maximum absolute atomic E-state index is 12.3. The van der Waals surface area contributed by atoms with Gasteiger partial charge in [-0.15, -0.1) is 24.0 Å². The Balaban J connectivity index is 0.00000256. The molecular weight excluding hydrogens is 495 g/mol. The number of carbonyl (C=O) groups is 1. The molecule has 9 heteroatoms. The van der Waals surface area contributed by atoms with Crippen LogP contribution in [0.15, 0.2) is 41.7 Å². The van der Waals surface area contributed by atoms with E-state index in [2.05, 4.69) is 27.6 Å². The number of hydrogen-bond acceptors (Lipinski definition) is 4. The highest BCUT2D eigenvalue weighted by Gasteiger charge is 2.30. The lowest BCUT2D eigenvalue weighted by atomic mass is 9.97. The van der Waals surface area contributed by atoms with Gasteiger partial charge in [-0.25, -0.2) is 0 Å². The van der Waals surface area contributed by atoms with Gasteiger partial charge in [-0.3, -0.25) is 14.5 Å². The average Bonchev–Trinajstić information content (AvgIpc) is 3.30. The van der Waals surface area contributed by atoms with E-state index < -0.39 is 0 Å². The Morgan fingerprint density at radius 1 is 1.40 bits per heavy atom. The predicted molar refractivity (Wildman–Crippen MR) is 127 cm³/mol. The van der Waals surface area contributed by atoms with Crippen molar-refractivity contribution < 1.29 is 9.53 Å². The smallest absolute Gasteiger partial charge is 0.232 e. The van der Waals surface area contributed by atoms with Gasteiger partial charge in [-0.05, 0) is 25.0 Å². The molecule has 0 radical (unpaired) electrons. The van der Waals surface area contributed by atoms with Gasteiger partial charge in [-0.1, -0.05) is 18.2 Å². The minimum atomic E-state index is -0.134. The van der Waals surface area contributed by atoms with Gasteiger partial charge >= 0.3 is 0 Å². The van der Waals surface area contributed by atoms with Gasteiger partial charge in [0, 0.05) is 44.1 Å². The quantitative estimate of drug-likeness (QED) is 0.357. The lowest BCUT2D eigenvalue weighted by molar-refractivity contribution is -0.117. The predicted octanol–water partition coefficient (Wildman–Crippen LogP) is 2.50. The van der Waals surface area contributed by atoms with Crippen LogP contribution in [0.1, 0.15) is 36.5 Å². The third-order valence-electron chi connectivity index (χ3n) is 5.39. The van der Waals surface area contributed by atoms with Gasteiger partial charge in [0.15, 0.2) is 5.96 Å². The number of anilines is 1. The van der Waals surface area contributed by atoms with Crippen LogP contribution in [-0.2, 0) is 16.6 Å². The van der Waals surface area contributed by atoms with Crippen molar-refractivity contribution in [1.82, 2.24) is 20.0 Å². The molecule has 2 atom stereocenters. The standard InChI is InChI=1S/C21H28N6O2.HI/c1-3-22-21(27-10-11-29-19(14-27)15-12-24-26(2)13-15)23-9-8-17-16-6-4-5-7-18(16)25-20(17)28;/h4-7,12-13,17,19H,3,8-11,14H2,1-2H3,(H,22,23)(H,25,28);1H. The Morgan fingerprint density at radius 2 is 2.23 bits per heavy atom. The summed E-state index contributed by atoms with van der Waals surface area (Å²) in [6, 6.07) is 7.89. The van der Waals surface area contributed by atoms with Crippen molar-refractivity contribution in [2.45, 2.75) is 25.4 Å². The molecule has 2 N–H and O–H groups in total. The number of para-hydroxylation sites is 1. The summed E-state index contributed by atoms with van der Waals surface area (Å²) in [5.41, 5.74) is 3.07. The van der Waals surface area contributed by atoms with E-state index >= 15 is 0 Å². The van der Waals surface area contributed by atoms with Crippen molar-refractivity contribution in [3.05, 3.63) is 47.8 Å². The highest BCUT2D eigenvalue weighted by molar-refractivity contribution is 14.0. The lowest BCUT2D eigenvalue weighted by Gasteiger charge is -2.34. The highest BCUT2D eigenvalue weighted by atomic mass is 127. The number of guanidine groups is 1. The van der Waals surface area contributed by atoms with E-state index in [1.54, 1.807) is 4.68 Å². The van der Waals surface area contributed by atoms with Crippen LogP contribution in [0, 0.1) is 0 Å². The Morgan fingerprint density at radius 3 is 3.00 bits per heavy atom. The van der Waals surface area contributed by atoms with Crippen molar-refractivity contribution in [3.8, 4) is 0 Å². The molecule has 1 amide bonds. The normalized spacial score (nSPS) is 21.1. The number of rotatable bonds is 5. The van der Waals surface area contributed by atoms with E-state index in [-0.39, 0.29) is 41.9 Å². The van der Waals surface area contributed by atoms with E-state index in [9.17, 15) is 4.79 Å². The van der Waals surface area contributed by atoms with Gasteiger partial charge in [-0.2, -0.15) is 5.10 Å². The van der Waals surface area contributed by atoms with Crippen LogP contribution in [0.2, 0.25) is 0 Å². The number of morpholine rings is 1. The topological polar surface area (TPSA) is 83.8 Å². The molecule has 8 nitrogen and oxygen atoms in total. The number of nitrogens with zero attached hydrogens (tertiary/aromatic N) is 4. The summed E-state index contributed by atoms with van der Waals surface area (Å²) >= 11 is 0.